The summed E-state index contributed by atoms with van der Waals surface area (Å²) < 4.78 is 35.3. The second-order valence-electron chi connectivity index (χ2n) is 3.24. The van der Waals surface area contributed by atoms with Crippen molar-refractivity contribution >= 4 is 0 Å². The Morgan fingerprint density at radius 2 is 2.00 bits per heavy atom. The molecule has 14 heavy (non-hydrogen) atoms. The molecule has 0 radical (unpaired) electrons. The highest BCUT2D eigenvalue weighted by Gasteiger charge is 2.29. The number of hydrogen-bond donors (Lipinski definition) is 2. The minimum absolute atomic E-state index is 0.373. The molecule has 0 aromatic heterocycles. The van der Waals surface area contributed by atoms with Crippen LogP contribution in [0.3, 0.4) is 0 Å². The smallest absolute Gasteiger partial charge is 0.378 e. The number of nitrogens with one attached hydrogen (secondary N) is 1. The van der Waals surface area contributed by atoms with Gasteiger partial charge in [-0.25, -0.2) is 0 Å². The molecule has 0 saturated heterocycles. The lowest BCUT2D eigenvalue weighted by molar-refractivity contribution is -0.132. The molecule has 2 atom stereocenters. The molecule has 0 bridgehead atoms. The van der Waals surface area contributed by atoms with Crippen molar-refractivity contribution in [1.82, 2.24) is 5.32 Å². The van der Waals surface area contributed by atoms with Crippen molar-refractivity contribution < 1.29 is 18.3 Å². The van der Waals surface area contributed by atoms with Gasteiger partial charge in [0.15, 0.2) is 0 Å². The fourth-order valence-electron chi connectivity index (χ4n) is 0.942. The van der Waals surface area contributed by atoms with E-state index in [2.05, 4.69) is 6.58 Å². The first kappa shape index (κ1) is 13.4. The monoisotopic (exact) mass is 211 g/mol. The van der Waals surface area contributed by atoms with Crippen molar-refractivity contribution in [2.75, 3.05) is 6.54 Å². The first-order chi connectivity index (χ1) is 6.28. The average Bonchev–Trinajstić information content (AvgIpc) is 2.10. The van der Waals surface area contributed by atoms with E-state index in [1.165, 1.54) is 0 Å². The third kappa shape index (κ3) is 5.24. The molecule has 2 N–H and O–H groups in total. The summed E-state index contributed by atoms with van der Waals surface area (Å²) in [6.45, 7) is 5.95. The van der Waals surface area contributed by atoms with Gasteiger partial charge in [-0.1, -0.05) is 26.0 Å². The zero-order chi connectivity index (χ0) is 11.4. The Morgan fingerprint density at radius 3 is 2.36 bits per heavy atom. The third-order valence-electron chi connectivity index (χ3n) is 2.08. The van der Waals surface area contributed by atoms with Gasteiger partial charge in [-0.3, -0.25) is 5.32 Å². The van der Waals surface area contributed by atoms with Crippen molar-refractivity contribution in [3.05, 3.63) is 12.2 Å². The molecule has 0 amide bonds. The van der Waals surface area contributed by atoms with E-state index in [1.54, 1.807) is 6.92 Å². The summed E-state index contributed by atoms with van der Waals surface area (Å²) in [5.41, 5.74) is 0.729. The maximum Gasteiger partial charge on any atom is 0.401 e. The van der Waals surface area contributed by atoms with Crippen molar-refractivity contribution in [3.8, 4) is 0 Å². The van der Waals surface area contributed by atoms with E-state index in [9.17, 15) is 18.3 Å². The Labute approximate surface area is 81.8 Å². The largest absolute Gasteiger partial charge is 0.401 e. The predicted octanol–water partition coefficient (Wildman–Crippen LogP) is 2.06. The lowest BCUT2D eigenvalue weighted by Crippen LogP contribution is -2.41. The minimum atomic E-state index is -4.30. The van der Waals surface area contributed by atoms with Gasteiger partial charge in [-0.15, -0.1) is 0 Å². The standard InChI is InChI=1S/C9H16F3NO/c1-4-6(2)7(3)8(14)13-5-9(10,11)12/h7-8,13-14H,2,4-5H2,1,3H3/t7-,8?/m0/s1. The van der Waals surface area contributed by atoms with Crippen LogP contribution in [0.15, 0.2) is 12.2 Å². The summed E-state index contributed by atoms with van der Waals surface area (Å²) in [6.07, 6.45) is -4.84. The molecule has 0 heterocycles. The van der Waals surface area contributed by atoms with Gasteiger partial charge < -0.3 is 5.11 Å². The van der Waals surface area contributed by atoms with Gasteiger partial charge in [0.25, 0.3) is 0 Å². The summed E-state index contributed by atoms with van der Waals surface area (Å²) in [5.74, 6) is -0.373. The Balaban J connectivity index is 3.96. The van der Waals surface area contributed by atoms with Crippen LogP contribution >= 0.6 is 0 Å². The molecule has 0 aliphatic carbocycles. The zero-order valence-corrected chi connectivity index (χ0v) is 8.36. The fraction of sp³-hybridized carbons (Fsp3) is 0.778. The summed E-state index contributed by atoms with van der Waals surface area (Å²) in [7, 11) is 0. The van der Waals surface area contributed by atoms with Gasteiger partial charge in [-0.2, -0.15) is 13.2 Å². The van der Waals surface area contributed by atoms with Crippen LogP contribution < -0.4 is 5.32 Å². The lowest BCUT2D eigenvalue weighted by atomic mass is 9.99. The van der Waals surface area contributed by atoms with Crippen LogP contribution in [0.25, 0.3) is 0 Å². The zero-order valence-electron chi connectivity index (χ0n) is 8.36. The second-order valence-corrected chi connectivity index (χ2v) is 3.24. The topological polar surface area (TPSA) is 32.3 Å². The summed E-state index contributed by atoms with van der Waals surface area (Å²) in [4.78, 5) is 0. The van der Waals surface area contributed by atoms with E-state index < -0.39 is 18.9 Å². The van der Waals surface area contributed by atoms with Gasteiger partial charge in [0.2, 0.25) is 0 Å². The van der Waals surface area contributed by atoms with Crippen molar-refractivity contribution in [3.63, 3.8) is 0 Å². The van der Waals surface area contributed by atoms with E-state index in [-0.39, 0.29) is 5.92 Å². The third-order valence-corrected chi connectivity index (χ3v) is 2.08. The normalized spacial score (nSPS) is 16.4. The van der Waals surface area contributed by atoms with Gasteiger partial charge in [0, 0.05) is 5.92 Å². The molecule has 5 heteroatoms. The number of rotatable bonds is 5. The van der Waals surface area contributed by atoms with Crippen molar-refractivity contribution in [1.29, 1.82) is 0 Å². The van der Waals surface area contributed by atoms with E-state index in [0.717, 1.165) is 5.57 Å². The molecule has 0 aromatic rings. The Hall–Kier alpha value is -0.550. The molecule has 0 spiro atoms. The number of aliphatic hydroxyl groups is 1. The van der Waals surface area contributed by atoms with Crippen LogP contribution in [0.4, 0.5) is 13.2 Å². The van der Waals surface area contributed by atoms with E-state index >= 15 is 0 Å². The minimum Gasteiger partial charge on any atom is -0.378 e. The first-order valence-corrected chi connectivity index (χ1v) is 4.43. The number of alkyl halides is 3. The summed E-state index contributed by atoms with van der Waals surface area (Å²) >= 11 is 0. The van der Waals surface area contributed by atoms with Crippen LogP contribution in [0.2, 0.25) is 0 Å². The van der Waals surface area contributed by atoms with E-state index in [4.69, 9.17) is 0 Å². The van der Waals surface area contributed by atoms with E-state index in [0.29, 0.717) is 6.42 Å². The molecule has 84 valence electrons. The molecule has 0 saturated carbocycles. The van der Waals surface area contributed by atoms with Crippen LogP contribution in [0.5, 0.6) is 0 Å². The highest BCUT2D eigenvalue weighted by Crippen LogP contribution is 2.17. The highest BCUT2D eigenvalue weighted by molar-refractivity contribution is 5.00. The molecule has 0 fully saturated rings. The van der Waals surface area contributed by atoms with E-state index in [1.807, 2.05) is 12.2 Å². The molecule has 0 aromatic carbocycles. The Kier molecular flexibility index (Phi) is 5.15. The van der Waals surface area contributed by atoms with Crippen LogP contribution in [0.1, 0.15) is 20.3 Å². The molecule has 1 unspecified atom stereocenters. The average molecular weight is 211 g/mol. The van der Waals surface area contributed by atoms with Crippen LogP contribution in [-0.2, 0) is 0 Å². The number of hydrogen-bond acceptors (Lipinski definition) is 2. The molecule has 2 nitrogen and oxygen atoms in total. The quantitative estimate of drug-likeness (QED) is 0.539. The molecular weight excluding hydrogens is 195 g/mol. The molecular formula is C9H16F3NO. The predicted molar refractivity (Wildman–Crippen MR) is 48.7 cm³/mol. The number of aliphatic hydroxyl groups excluding tert-OH is 1. The van der Waals surface area contributed by atoms with Crippen molar-refractivity contribution in [2.24, 2.45) is 5.92 Å². The first-order valence-electron chi connectivity index (χ1n) is 4.43. The van der Waals surface area contributed by atoms with Crippen molar-refractivity contribution in [2.45, 2.75) is 32.7 Å². The Bertz CT molecular complexity index is 191. The Morgan fingerprint density at radius 1 is 1.50 bits per heavy atom. The summed E-state index contributed by atoms with van der Waals surface area (Å²) in [5, 5.41) is 11.3. The van der Waals surface area contributed by atoms with Gasteiger partial charge in [-0.05, 0) is 6.42 Å². The fourth-order valence-corrected chi connectivity index (χ4v) is 0.942. The van der Waals surface area contributed by atoms with Crippen LogP contribution in [-0.4, -0.2) is 24.1 Å². The molecule has 0 aliphatic rings. The SMILES string of the molecule is C=C(CC)[C@H](C)C(O)NCC(F)(F)F. The maximum absolute atomic E-state index is 11.8. The number of halogens is 3. The van der Waals surface area contributed by atoms with Crippen LogP contribution in [0, 0.1) is 5.92 Å². The van der Waals surface area contributed by atoms with Gasteiger partial charge in [0.05, 0.1) is 6.54 Å². The highest BCUT2D eigenvalue weighted by atomic mass is 19.4. The summed E-state index contributed by atoms with van der Waals surface area (Å²) in [6, 6.07) is 0. The van der Waals surface area contributed by atoms with Gasteiger partial charge in [0.1, 0.15) is 6.23 Å². The molecule has 0 aliphatic heterocycles. The molecule has 0 rings (SSSR count). The van der Waals surface area contributed by atoms with Gasteiger partial charge >= 0.3 is 6.18 Å². The lowest BCUT2D eigenvalue weighted by Gasteiger charge is -2.22. The maximum atomic E-state index is 11.8. The second kappa shape index (κ2) is 5.36.